The van der Waals surface area contributed by atoms with Gasteiger partial charge in [-0.05, 0) is 43.6 Å². The third-order valence-corrected chi connectivity index (χ3v) is 3.01. The molecule has 0 radical (unpaired) electrons. The zero-order valence-electron chi connectivity index (χ0n) is 12.5. The van der Waals surface area contributed by atoms with E-state index in [2.05, 4.69) is 10.0 Å². The van der Waals surface area contributed by atoms with Crippen LogP contribution in [0, 0.1) is 0 Å². The Morgan fingerprint density at radius 3 is 2.45 bits per heavy atom. The minimum atomic E-state index is -2.26. The quantitative estimate of drug-likeness (QED) is 0.271. The average molecular weight is 307 g/mol. The Morgan fingerprint density at radius 2 is 2.00 bits per heavy atom. The lowest BCUT2D eigenvalue weighted by Gasteiger charge is -2.26. The van der Waals surface area contributed by atoms with Gasteiger partial charge in [-0.15, -0.1) is 0 Å². The molecule has 8 heteroatoms. The van der Waals surface area contributed by atoms with Crippen molar-refractivity contribution in [2.75, 3.05) is 13.7 Å². The number of methoxy groups -OCH3 is 1. The summed E-state index contributed by atoms with van der Waals surface area (Å²) in [5.41, 5.74) is 6.52. The van der Waals surface area contributed by atoms with Crippen LogP contribution in [0.2, 0.25) is 0 Å². The second kappa shape index (κ2) is 7.44. The number of ether oxygens (including phenoxy) is 2. The Balaban J connectivity index is 3.15. The van der Waals surface area contributed by atoms with E-state index in [0.29, 0.717) is 5.75 Å². The highest BCUT2D eigenvalue weighted by atomic mass is 16.5. The average Bonchev–Trinajstić information content (AvgIpc) is 2.52. The molecule has 0 aliphatic heterocycles. The molecule has 0 aliphatic rings. The zero-order valence-corrected chi connectivity index (χ0v) is 12.5. The van der Waals surface area contributed by atoms with Gasteiger partial charge in [-0.3, -0.25) is 4.79 Å². The van der Waals surface area contributed by atoms with Gasteiger partial charge in [0.05, 0.1) is 13.7 Å². The van der Waals surface area contributed by atoms with Gasteiger partial charge < -0.3 is 14.6 Å². The molecule has 0 spiro atoms. The molecule has 0 amide bonds. The van der Waals surface area contributed by atoms with E-state index in [9.17, 15) is 14.7 Å². The molecule has 0 aliphatic carbocycles. The van der Waals surface area contributed by atoms with Crippen molar-refractivity contribution in [2.45, 2.75) is 25.5 Å². The normalized spacial score (nSPS) is 14.2. The minimum Gasteiger partial charge on any atom is -0.497 e. The van der Waals surface area contributed by atoms with Crippen LogP contribution >= 0.6 is 0 Å². The van der Waals surface area contributed by atoms with Crippen LogP contribution in [0.25, 0.3) is 10.4 Å². The van der Waals surface area contributed by atoms with E-state index >= 15 is 0 Å². The van der Waals surface area contributed by atoms with E-state index in [4.69, 9.17) is 15.0 Å². The van der Waals surface area contributed by atoms with Gasteiger partial charge in [0, 0.05) is 10.5 Å². The summed E-state index contributed by atoms with van der Waals surface area (Å²) < 4.78 is 9.69. The Bertz CT molecular complexity index is 591. The van der Waals surface area contributed by atoms with Crippen molar-refractivity contribution >= 4 is 11.8 Å². The van der Waals surface area contributed by atoms with E-state index in [1.165, 1.54) is 19.2 Å². The molecule has 2 unspecified atom stereocenters. The van der Waals surface area contributed by atoms with Crippen LogP contribution in [-0.4, -0.2) is 42.2 Å². The van der Waals surface area contributed by atoms with Crippen molar-refractivity contribution in [3.05, 3.63) is 40.3 Å². The van der Waals surface area contributed by atoms with Crippen molar-refractivity contribution in [3.63, 3.8) is 0 Å². The molecule has 22 heavy (non-hydrogen) atoms. The van der Waals surface area contributed by atoms with E-state index in [1.807, 2.05) is 0 Å². The van der Waals surface area contributed by atoms with E-state index in [1.54, 1.807) is 19.1 Å². The van der Waals surface area contributed by atoms with Gasteiger partial charge in [-0.2, -0.15) is 0 Å². The number of hydrogen-bond donors (Lipinski definition) is 1. The van der Waals surface area contributed by atoms with Gasteiger partial charge in [0.15, 0.2) is 11.4 Å². The number of nitrogens with zero attached hydrogens (tertiary/aromatic N) is 3. The van der Waals surface area contributed by atoms with Crippen LogP contribution in [0.4, 0.5) is 0 Å². The van der Waals surface area contributed by atoms with Gasteiger partial charge >= 0.3 is 5.97 Å². The van der Waals surface area contributed by atoms with Crippen LogP contribution in [0.5, 0.6) is 5.75 Å². The van der Waals surface area contributed by atoms with Crippen molar-refractivity contribution in [1.29, 1.82) is 0 Å². The number of carbonyl (C=O) groups is 2. The van der Waals surface area contributed by atoms with Crippen LogP contribution in [0.3, 0.4) is 0 Å². The number of esters is 1. The summed E-state index contributed by atoms with van der Waals surface area (Å²) in [5, 5.41) is 13.5. The third kappa shape index (κ3) is 3.75. The molecule has 0 saturated heterocycles. The summed E-state index contributed by atoms with van der Waals surface area (Å²) >= 11 is 0. The summed E-state index contributed by atoms with van der Waals surface area (Å²) in [4.78, 5) is 26.7. The monoisotopic (exact) mass is 307 g/mol. The highest BCUT2D eigenvalue weighted by Crippen LogP contribution is 2.22. The first-order valence-electron chi connectivity index (χ1n) is 6.50. The van der Waals surface area contributed by atoms with Gasteiger partial charge in [-0.25, -0.2) is 4.79 Å². The Kier molecular flexibility index (Phi) is 5.91. The number of azide groups is 1. The SMILES string of the molecule is CCOC(=O)C(C)(O)C(N=[N+]=[N-])C(=O)c1ccc(OC)cc1. The maximum absolute atomic E-state index is 12.4. The molecule has 0 saturated carbocycles. The molecule has 118 valence electrons. The first-order valence-corrected chi connectivity index (χ1v) is 6.50. The molecule has 1 aromatic rings. The minimum absolute atomic E-state index is 0.0225. The molecule has 1 aromatic carbocycles. The van der Waals surface area contributed by atoms with Crippen LogP contribution in [0.15, 0.2) is 29.4 Å². The molecule has 0 heterocycles. The fourth-order valence-electron chi connectivity index (χ4n) is 1.77. The topological polar surface area (TPSA) is 122 Å². The van der Waals surface area contributed by atoms with E-state index < -0.39 is 23.4 Å². The molecule has 2 atom stereocenters. The Morgan fingerprint density at radius 1 is 1.41 bits per heavy atom. The summed E-state index contributed by atoms with van der Waals surface area (Å²) in [6, 6.07) is 4.34. The molecule has 1 N–H and O–H groups in total. The predicted molar refractivity (Wildman–Crippen MR) is 77.5 cm³/mol. The first kappa shape index (κ1) is 17.5. The summed E-state index contributed by atoms with van der Waals surface area (Å²) in [6.45, 7) is 2.66. The molecular weight excluding hydrogens is 290 g/mol. The van der Waals surface area contributed by atoms with E-state index in [-0.39, 0.29) is 12.2 Å². The number of rotatable bonds is 7. The number of aliphatic hydroxyl groups is 1. The molecule has 1 rings (SSSR count). The summed E-state index contributed by atoms with van der Waals surface area (Å²) in [6.07, 6.45) is 0. The second-order valence-corrected chi connectivity index (χ2v) is 4.57. The van der Waals surface area contributed by atoms with Crippen molar-refractivity contribution in [1.82, 2.24) is 0 Å². The lowest BCUT2D eigenvalue weighted by molar-refractivity contribution is -0.164. The standard InChI is InChI=1S/C14H17N3O5/c1-4-22-13(19)14(2,20)12(16-17-15)11(18)9-5-7-10(21-3)8-6-9/h5-8,12,20H,4H2,1-3H3. The highest BCUT2D eigenvalue weighted by molar-refractivity contribution is 6.04. The maximum Gasteiger partial charge on any atom is 0.338 e. The molecule has 8 nitrogen and oxygen atoms in total. The smallest absolute Gasteiger partial charge is 0.338 e. The van der Waals surface area contributed by atoms with Crippen molar-refractivity contribution in [2.24, 2.45) is 5.11 Å². The van der Waals surface area contributed by atoms with Gasteiger partial charge in [0.2, 0.25) is 0 Å². The van der Waals surface area contributed by atoms with Crippen LogP contribution in [0.1, 0.15) is 24.2 Å². The number of benzene rings is 1. The second-order valence-electron chi connectivity index (χ2n) is 4.57. The zero-order chi connectivity index (χ0) is 16.8. The molecular formula is C14H17N3O5. The summed E-state index contributed by atoms with van der Waals surface area (Å²) in [7, 11) is 1.48. The summed E-state index contributed by atoms with van der Waals surface area (Å²) in [5.74, 6) is -1.19. The Labute approximate surface area is 127 Å². The largest absolute Gasteiger partial charge is 0.497 e. The fourth-order valence-corrected chi connectivity index (χ4v) is 1.77. The Hall–Kier alpha value is -2.57. The van der Waals surface area contributed by atoms with Gasteiger partial charge in [0.25, 0.3) is 0 Å². The lowest BCUT2D eigenvalue weighted by Crippen LogP contribution is -2.50. The maximum atomic E-state index is 12.4. The third-order valence-electron chi connectivity index (χ3n) is 3.01. The number of hydrogen-bond acceptors (Lipinski definition) is 6. The van der Waals surface area contributed by atoms with Crippen LogP contribution < -0.4 is 4.74 Å². The lowest BCUT2D eigenvalue weighted by atomic mass is 9.90. The highest BCUT2D eigenvalue weighted by Gasteiger charge is 2.44. The number of Topliss-reactive ketones (excluding diaryl/α,β-unsaturated/α-hetero) is 1. The number of carbonyl (C=O) groups excluding carboxylic acids is 2. The van der Waals surface area contributed by atoms with Gasteiger partial charge in [0.1, 0.15) is 11.8 Å². The molecule has 0 fully saturated rings. The molecule has 0 bridgehead atoms. The van der Waals surface area contributed by atoms with Crippen molar-refractivity contribution in [3.8, 4) is 5.75 Å². The van der Waals surface area contributed by atoms with Crippen molar-refractivity contribution < 1.29 is 24.2 Å². The fraction of sp³-hybridized carbons (Fsp3) is 0.429. The molecule has 0 aromatic heterocycles. The van der Waals surface area contributed by atoms with Crippen LogP contribution in [-0.2, 0) is 9.53 Å². The number of ketones is 1. The first-order chi connectivity index (χ1) is 10.4. The van der Waals surface area contributed by atoms with Gasteiger partial charge in [-0.1, -0.05) is 5.11 Å². The predicted octanol–water partition coefficient (Wildman–Crippen LogP) is 1.87. The van der Waals surface area contributed by atoms with E-state index in [0.717, 1.165) is 6.92 Å².